The molecule has 2 fully saturated rings. The number of hydrogen-bond donors (Lipinski definition) is 3. The van der Waals surface area contributed by atoms with Gasteiger partial charge < -0.3 is 15.2 Å². The number of carboxylic acid groups (broad SMARTS) is 1. The Morgan fingerprint density at radius 1 is 1.00 bits per heavy atom. The number of carbonyl (C=O) groups excluding carboxylic acids is 2. The van der Waals surface area contributed by atoms with Crippen molar-refractivity contribution in [3.05, 3.63) is 77.9 Å². The van der Waals surface area contributed by atoms with E-state index in [1.807, 2.05) is 35.2 Å². The van der Waals surface area contributed by atoms with E-state index < -0.39 is 18.1 Å². The predicted octanol–water partition coefficient (Wildman–Crippen LogP) is 3.01. The molecule has 0 radical (unpaired) electrons. The van der Waals surface area contributed by atoms with Crippen LogP contribution in [0.5, 0.6) is 0 Å². The van der Waals surface area contributed by atoms with Crippen molar-refractivity contribution in [1.29, 1.82) is 5.41 Å². The molecule has 3 N–H and O–H groups in total. The number of fused-ring (bicyclic) bond motifs is 1. The molecule has 2 unspecified atom stereocenters. The summed E-state index contributed by atoms with van der Waals surface area (Å²) in [5.41, 5.74) is 1.64. The molecule has 2 aliphatic heterocycles. The molecule has 39 heavy (non-hydrogen) atoms. The molecular formula is C29H31N5O5. The number of carbonyl (C=O) groups is 3. The van der Waals surface area contributed by atoms with Crippen LogP contribution in [0.2, 0.25) is 0 Å². The van der Waals surface area contributed by atoms with E-state index >= 15 is 0 Å². The Bertz CT molecular complexity index is 1400. The number of amides is 2. The van der Waals surface area contributed by atoms with Gasteiger partial charge in [0.25, 0.3) is 5.91 Å². The maximum Gasteiger partial charge on any atom is 0.414 e. The topological polar surface area (TPSA) is 126 Å². The fraction of sp³-hybridized carbons (Fsp3) is 0.310. The molecule has 2 atom stereocenters. The number of benzene rings is 3. The maximum absolute atomic E-state index is 12.7. The van der Waals surface area contributed by atoms with Crippen LogP contribution in [-0.4, -0.2) is 90.1 Å². The van der Waals surface area contributed by atoms with E-state index in [-0.39, 0.29) is 17.8 Å². The number of anilines is 1. The molecule has 0 spiro atoms. The molecule has 10 nitrogen and oxygen atoms in total. The zero-order valence-corrected chi connectivity index (χ0v) is 21.7. The first-order chi connectivity index (χ1) is 18.8. The van der Waals surface area contributed by atoms with Gasteiger partial charge in [0.15, 0.2) is 0 Å². The second-order valence-corrected chi connectivity index (χ2v) is 9.91. The highest BCUT2D eigenvalue weighted by Gasteiger charge is 2.34. The number of ether oxygens (including phenoxy) is 1. The van der Waals surface area contributed by atoms with Gasteiger partial charge in [0.05, 0.1) is 6.54 Å². The van der Waals surface area contributed by atoms with Crippen LogP contribution < -0.4 is 10.2 Å². The standard InChI is InChI=1S/C29H31N5O5/c1-19(28(36)37)33-14-12-32(13-15-33)17-25-18-34(29(38)39-25)24-10-8-21(9-11-24)26(30)31-27(35)23-7-6-20-4-2-3-5-22(20)16-23/h2-11,16,19,25H,12-15,17-18H2,1H3,(H,36,37)(H2,30,31,35). The molecule has 3 aromatic carbocycles. The minimum absolute atomic E-state index is 0.0297. The maximum atomic E-state index is 12.7. The Hall–Kier alpha value is -4.28. The van der Waals surface area contributed by atoms with Crippen LogP contribution >= 0.6 is 0 Å². The van der Waals surface area contributed by atoms with Crippen LogP contribution in [0.4, 0.5) is 10.5 Å². The number of rotatable bonds is 7. The number of amidine groups is 1. The lowest BCUT2D eigenvalue weighted by Gasteiger charge is -2.37. The Kier molecular flexibility index (Phi) is 7.58. The van der Waals surface area contributed by atoms with Crippen molar-refractivity contribution in [1.82, 2.24) is 15.1 Å². The molecular weight excluding hydrogens is 498 g/mol. The second kappa shape index (κ2) is 11.2. The summed E-state index contributed by atoms with van der Waals surface area (Å²) >= 11 is 0. The van der Waals surface area contributed by atoms with Gasteiger partial charge in [0.1, 0.15) is 18.0 Å². The lowest BCUT2D eigenvalue weighted by atomic mass is 10.1. The van der Waals surface area contributed by atoms with Gasteiger partial charge >= 0.3 is 12.1 Å². The van der Waals surface area contributed by atoms with Gasteiger partial charge in [-0.1, -0.05) is 30.3 Å². The third-order valence-electron chi connectivity index (χ3n) is 7.37. The first-order valence-corrected chi connectivity index (χ1v) is 12.9. The molecule has 2 amide bonds. The van der Waals surface area contributed by atoms with E-state index in [1.165, 1.54) is 0 Å². The van der Waals surface area contributed by atoms with E-state index in [0.29, 0.717) is 56.1 Å². The lowest BCUT2D eigenvalue weighted by Crippen LogP contribution is -2.53. The fourth-order valence-corrected chi connectivity index (χ4v) is 5.00. The largest absolute Gasteiger partial charge is 0.480 e. The average molecular weight is 530 g/mol. The second-order valence-electron chi connectivity index (χ2n) is 9.91. The Morgan fingerprint density at radius 3 is 2.36 bits per heavy atom. The number of piperazine rings is 1. The van der Waals surface area contributed by atoms with Crippen molar-refractivity contribution in [3.8, 4) is 0 Å². The van der Waals surface area contributed by atoms with Gasteiger partial charge in [0.2, 0.25) is 0 Å². The minimum Gasteiger partial charge on any atom is -0.480 e. The minimum atomic E-state index is -0.822. The van der Waals surface area contributed by atoms with Crippen molar-refractivity contribution >= 4 is 40.3 Å². The highest BCUT2D eigenvalue weighted by Crippen LogP contribution is 2.23. The first-order valence-electron chi connectivity index (χ1n) is 12.9. The molecule has 0 bridgehead atoms. The normalized spacial score (nSPS) is 19.1. The molecule has 2 heterocycles. The molecule has 2 saturated heterocycles. The molecule has 5 rings (SSSR count). The van der Waals surface area contributed by atoms with Gasteiger partial charge in [-0.25, -0.2) is 4.79 Å². The number of carboxylic acids is 1. The Morgan fingerprint density at radius 2 is 1.67 bits per heavy atom. The Labute approximate surface area is 226 Å². The van der Waals surface area contributed by atoms with Crippen LogP contribution in [0.1, 0.15) is 22.8 Å². The number of nitrogens with zero attached hydrogens (tertiary/aromatic N) is 3. The van der Waals surface area contributed by atoms with Crippen LogP contribution in [0.15, 0.2) is 66.7 Å². The van der Waals surface area contributed by atoms with E-state index in [4.69, 9.17) is 10.1 Å². The highest BCUT2D eigenvalue weighted by atomic mass is 16.6. The van der Waals surface area contributed by atoms with Crippen molar-refractivity contribution in [3.63, 3.8) is 0 Å². The van der Waals surface area contributed by atoms with Crippen molar-refractivity contribution in [2.75, 3.05) is 44.2 Å². The number of nitrogens with one attached hydrogen (secondary N) is 2. The van der Waals surface area contributed by atoms with E-state index in [2.05, 4.69) is 10.2 Å². The smallest absolute Gasteiger partial charge is 0.414 e. The van der Waals surface area contributed by atoms with E-state index in [9.17, 15) is 19.5 Å². The third kappa shape index (κ3) is 5.92. The van der Waals surface area contributed by atoms with Crippen molar-refractivity contribution in [2.45, 2.75) is 19.1 Å². The molecule has 0 aromatic heterocycles. The van der Waals surface area contributed by atoms with Crippen molar-refractivity contribution < 1.29 is 24.2 Å². The molecule has 3 aromatic rings. The van der Waals surface area contributed by atoms with Crippen LogP contribution in [0, 0.1) is 5.41 Å². The van der Waals surface area contributed by atoms with Crippen molar-refractivity contribution in [2.24, 2.45) is 0 Å². The zero-order chi connectivity index (χ0) is 27.5. The first kappa shape index (κ1) is 26.3. The average Bonchev–Trinajstić information content (AvgIpc) is 3.32. The number of cyclic esters (lactones) is 1. The van der Waals surface area contributed by atoms with E-state index in [1.54, 1.807) is 48.2 Å². The summed E-state index contributed by atoms with van der Waals surface area (Å²) in [6.45, 7) is 5.42. The predicted molar refractivity (Wildman–Crippen MR) is 147 cm³/mol. The monoisotopic (exact) mass is 529 g/mol. The molecule has 2 aliphatic rings. The van der Waals surface area contributed by atoms with Gasteiger partial charge in [-0.15, -0.1) is 0 Å². The summed E-state index contributed by atoms with van der Waals surface area (Å²) in [5.74, 6) is -1.21. The molecule has 0 aliphatic carbocycles. The Balaban J connectivity index is 1.14. The number of aliphatic carboxylic acids is 1. The molecule has 0 saturated carbocycles. The summed E-state index contributed by atoms with van der Waals surface area (Å²) in [5, 5.41) is 22.2. The van der Waals surface area contributed by atoms with Crippen LogP contribution in [0.25, 0.3) is 10.8 Å². The van der Waals surface area contributed by atoms with Gasteiger partial charge in [-0.3, -0.25) is 29.7 Å². The zero-order valence-electron chi connectivity index (χ0n) is 21.7. The van der Waals surface area contributed by atoms with Crippen LogP contribution in [0.3, 0.4) is 0 Å². The van der Waals surface area contributed by atoms with Gasteiger partial charge in [-0.2, -0.15) is 0 Å². The summed E-state index contributed by atoms with van der Waals surface area (Å²) in [6.07, 6.45) is -0.717. The summed E-state index contributed by atoms with van der Waals surface area (Å²) in [6, 6.07) is 19.5. The number of hydrogen-bond acceptors (Lipinski definition) is 7. The van der Waals surface area contributed by atoms with Gasteiger partial charge in [0, 0.05) is 49.5 Å². The summed E-state index contributed by atoms with van der Waals surface area (Å²) in [4.78, 5) is 42.2. The van der Waals surface area contributed by atoms with Gasteiger partial charge in [-0.05, 0) is 54.1 Å². The van der Waals surface area contributed by atoms with Crippen LogP contribution in [-0.2, 0) is 9.53 Å². The fourth-order valence-electron chi connectivity index (χ4n) is 5.00. The lowest BCUT2D eigenvalue weighted by molar-refractivity contribution is -0.143. The SMILES string of the molecule is CC(C(=O)O)N1CCN(CC2CN(c3ccc(C(=N)NC(=O)c4ccc5ccccc5c4)cc3)C(=O)O2)CC1. The quantitative estimate of drug-likeness (QED) is 0.317. The summed E-state index contributed by atoms with van der Waals surface area (Å²) < 4.78 is 5.59. The third-order valence-corrected chi connectivity index (χ3v) is 7.37. The highest BCUT2D eigenvalue weighted by molar-refractivity contribution is 6.12. The molecule has 202 valence electrons. The van der Waals surface area contributed by atoms with E-state index in [0.717, 1.165) is 10.8 Å². The molecule has 10 heteroatoms. The summed E-state index contributed by atoms with van der Waals surface area (Å²) in [7, 11) is 0.